The largest absolute Gasteiger partial charge is 0.496 e. The number of aromatic nitrogens is 2. The highest BCUT2D eigenvalue weighted by Crippen LogP contribution is 2.36. The fraction of sp³-hybridized carbons (Fsp3) is 0.176. The number of H-pyrrole nitrogens is 2. The lowest BCUT2D eigenvalue weighted by molar-refractivity contribution is 0.408. The van der Waals surface area contributed by atoms with Crippen LogP contribution in [0.2, 0.25) is 0 Å². The molecule has 0 unspecified atom stereocenters. The Hall–Kier alpha value is -2.42. The number of nitrogens with one attached hydrogen (secondary N) is 2. The molecule has 0 saturated carbocycles. The zero-order valence-corrected chi connectivity index (χ0v) is 11.7. The quantitative estimate of drug-likeness (QED) is 0.740. The van der Waals surface area contributed by atoms with Gasteiger partial charge < -0.3 is 14.7 Å². The summed E-state index contributed by atoms with van der Waals surface area (Å²) in [7, 11) is 1.72. The van der Waals surface area contributed by atoms with Gasteiger partial charge in [-0.05, 0) is 37.3 Å². The maximum absolute atomic E-state index is 5.55. The Morgan fingerprint density at radius 3 is 2.10 bits per heavy atom. The third-order valence-corrected chi connectivity index (χ3v) is 3.56. The summed E-state index contributed by atoms with van der Waals surface area (Å²) in [5.41, 5.74) is 4.69. The van der Waals surface area contributed by atoms with Gasteiger partial charge in [-0.25, -0.2) is 0 Å². The molecule has 3 heteroatoms. The van der Waals surface area contributed by atoms with Crippen LogP contribution < -0.4 is 4.74 Å². The summed E-state index contributed by atoms with van der Waals surface area (Å²) in [6.07, 6.45) is 3.90. The minimum absolute atomic E-state index is 0.120. The van der Waals surface area contributed by atoms with Gasteiger partial charge in [-0.3, -0.25) is 0 Å². The monoisotopic (exact) mass is 266 g/mol. The number of hydrogen-bond acceptors (Lipinski definition) is 1. The fourth-order valence-corrected chi connectivity index (χ4v) is 2.63. The van der Waals surface area contributed by atoms with Gasteiger partial charge in [-0.2, -0.15) is 0 Å². The summed E-state index contributed by atoms with van der Waals surface area (Å²) in [4.78, 5) is 6.64. The fourth-order valence-electron chi connectivity index (χ4n) is 2.63. The molecule has 0 bridgehead atoms. The van der Waals surface area contributed by atoms with E-state index in [1.54, 1.807) is 7.11 Å². The summed E-state index contributed by atoms with van der Waals surface area (Å²) >= 11 is 0. The molecule has 0 aliphatic carbocycles. The van der Waals surface area contributed by atoms with E-state index in [1.165, 1.54) is 5.56 Å². The van der Waals surface area contributed by atoms with Gasteiger partial charge in [0.1, 0.15) is 5.75 Å². The van der Waals surface area contributed by atoms with Crippen molar-refractivity contribution in [2.75, 3.05) is 7.11 Å². The van der Waals surface area contributed by atoms with Gasteiger partial charge in [0.15, 0.2) is 0 Å². The third-order valence-electron chi connectivity index (χ3n) is 3.56. The Kier molecular flexibility index (Phi) is 3.33. The lowest BCUT2D eigenvalue weighted by Gasteiger charge is -2.19. The van der Waals surface area contributed by atoms with E-state index in [1.807, 2.05) is 30.6 Å². The molecule has 0 radical (unpaired) electrons. The second-order valence-electron chi connectivity index (χ2n) is 4.93. The van der Waals surface area contributed by atoms with Crippen molar-refractivity contribution in [1.29, 1.82) is 0 Å². The van der Waals surface area contributed by atoms with Gasteiger partial charge in [0, 0.05) is 29.3 Å². The molecule has 2 aromatic heterocycles. The number of methoxy groups -OCH3 is 1. The molecule has 2 heterocycles. The first-order chi connectivity index (χ1) is 9.79. The van der Waals surface area contributed by atoms with Crippen LogP contribution in [0.25, 0.3) is 0 Å². The molecular weight excluding hydrogens is 248 g/mol. The van der Waals surface area contributed by atoms with E-state index < -0.39 is 0 Å². The van der Waals surface area contributed by atoms with E-state index >= 15 is 0 Å². The topological polar surface area (TPSA) is 40.8 Å². The van der Waals surface area contributed by atoms with E-state index in [0.29, 0.717) is 0 Å². The molecule has 0 fully saturated rings. The smallest absolute Gasteiger partial charge is 0.123 e. The first-order valence-electron chi connectivity index (χ1n) is 6.70. The molecule has 2 N–H and O–H groups in total. The van der Waals surface area contributed by atoms with Gasteiger partial charge >= 0.3 is 0 Å². The molecule has 0 spiro atoms. The van der Waals surface area contributed by atoms with Gasteiger partial charge in [-0.15, -0.1) is 0 Å². The summed E-state index contributed by atoms with van der Waals surface area (Å²) in [6, 6.07) is 14.5. The summed E-state index contributed by atoms with van der Waals surface area (Å²) in [5, 5.41) is 0. The van der Waals surface area contributed by atoms with Crippen LogP contribution in [0, 0.1) is 6.92 Å². The van der Waals surface area contributed by atoms with Gasteiger partial charge in [0.2, 0.25) is 0 Å². The van der Waals surface area contributed by atoms with Crippen LogP contribution >= 0.6 is 0 Å². The molecule has 3 nitrogen and oxygen atoms in total. The standard InChI is InChI=1S/C17H18N2O/c1-12-7-8-16(20-2)13(11-12)17(14-5-3-9-18-14)15-6-4-10-19-15/h3-11,17-19H,1-2H3. The highest BCUT2D eigenvalue weighted by atomic mass is 16.5. The Bertz CT molecular complexity index is 635. The van der Waals surface area contributed by atoms with Crippen molar-refractivity contribution in [2.24, 2.45) is 0 Å². The lowest BCUT2D eigenvalue weighted by Crippen LogP contribution is -2.06. The number of benzene rings is 1. The number of rotatable bonds is 4. The predicted molar refractivity (Wildman–Crippen MR) is 80.3 cm³/mol. The Balaban J connectivity index is 2.18. The van der Waals surface area contributed by atoms with Gasteiger partial charge in [0.05, 0.1) is 13.0 Å². The predicted octanol–water partition coefficient (Wildman–Crippen LogP) is 3.84. The van der Waals surface area contributed by atoms with Gasteiger partial charge in [-0.1, -0.05) is 17.7 Å². The van der Waals surface area contributed by atoms with Crippen LogP contribution in [0.5, 0.6) is 5.75 Å². The van der Waals surface area contributed by atoms with Crippen LogP contribution in [0.3, 0.4) is 0 Å². The van der Waals surface area contributed by atoms with E-state index in [2.05, 4.69) is 41.2 Å². The van der Waals surface area contributed by atoms with Gasteiger partial charge in [0.25, 0.3) is 0 Å². The number of aromatic amines is 2. The average molecular weight is 266 g/mol. The third kappa shape index (κ3) is 2.23. The van der Waals surface area contributed by atoms with Crippen molar-refractivity contribution in [3.05, 3.63) is 77.4 Å². The molecule has 3 rings (SSSR count). The van der Waals surface area contributed by atoms with E-state index in [0.717, 1.165) is 22.7 Å². The summed E-state index contributed by atoms with van der Waals surface area (Å²) in [6.45, 7) is 2.10. The second kappa shape index (κ2) is 5.29. The van der Waals surface area contributed by atoms with E-state index in [4.69, 9.17) is 4.74 Å². The van der Waals surface area contributed by atoms with Crippen molar-refractivity contribution in [3.63, 3.8) is 0 Å². The molecule has 1 aromatic carbocycles. The first kappa shape index (κ1) is 12.6. The second-order valence-corrected chi connectivity index (χ2v) is 4.93. The van der Waals surface area contributed by atoms with Crippen molar-refractivity contribution < 1.29 is 4.74 Å². The van der Waals surface area contributed by atoms with Crippen LogP contribution in [0.15, 0.2) is 54.9 Å². The molecular formula is C17H18N2O. The number of ether oxygens (including phenoxy) is 1. The lowest BCUT2D eigenvalue weighted by atomic mass is 9.91. The van der Waals surface area contributed by atoms with Crippen LogP contribution in [0.4, 0.5) is 0 Å². The Morgan fingerprint density at radius 1 is 0.950 bits per heavy atom. The molecule has 102 valence electrons. The minimum Gasteiger partial charge on any atom is -0.496 e. The molecule has 0 aliphatic rings. The van der Waals surface area contributed by atoms with Crippen LogP contribution in [-0.4, -0.2) is 17.1 Å². The van der Waals surface area contributed by atoms with Crippen molar-refractivity contribution in [2.45, 2.75) is 12.8 Å². The van der Waals surface area contributed by atoms with Crippen molar-refractivity contribution in [1.82, 2.24) is 9.97 Å². The molecule has 0 saturated heterocycles. The maximum Gasteiger partial charge on any atom is 0.123 e. The maximum atomic E-state index is 5.55. The molecule has 0 aliphatic heterocycles. The summed E-state index contributed by atoms with van der Waals surface area (Å²) in [5.74, 6) is 1.03. The van der Waals surface area contributed by atoms with Crippen molar-refractivity contribution >= 4 is 0 Å². The number of aryl methyl sites for hydroxylation is 1. The normalized spacial score (nSPS) is 10.9. The molecule has 0 amide bonds. The van der Waals surface area contributed by atoms with Crippen molar-refractivity contribution in [3.8, 4) is 5.75 Å². The molecule has 3 aromatic rings. The highest BCUT2D eigenvalue weighted by Gasteiger charge is 2.22. The zero-order valence-electron chi connectivity index (χ0n) is 11.7. The minimum atomic E-state index is 0.120. The Morgan fingerprint density at radius 2 is 1.60 bits per heavy atom. The SMILES string of the molecule is COc1ccc(C)cc1C(c1ccc[nH]1)c1ccc[nH]1. The van der Waals surface area contributed by atoms with Crippen LogP contribution in [0.1, 0.15) is 28.4 Å². The average Bonchev–Trinajstić information content (AvgIpc) is 3.13. The van der Waals surface area contributed by atoms with E-state index in [-0.39, 0.29) is 5.92 Å². The van der Waals surface area contributed by atoms with E-state index in [9.17, 15) is 0 Å². The number of hydrogen-bond donors (Lipinski definition) is 2. The molecule has 20 heavy (non-hydrogen) atoms. The Labute approximate surface area is 118 Å². The zero-order chi connectivity index (χ0) is 13.9. The molecule has 0 atom stereocenters. The summed E-state index contributed by atoms with van der Waals surface area (Å²) < 4.78 is 5.55. The van der Waals surface area contributed by atoms with Crippen LogP contribution in [-0.2, 0) is 0 Å². The highest BCUT2D eigenvalue weighted by molar-refractivity contribution is 5.47. The first-order valence-corrected chi connectivity index (χ1v) is 6.70.